The Bertz CT molecular complexity index is 520. The van der Waals surface area contributed by atoms with Crippen molar-refractivity contribution in [2.75, 3.05) is 6.61 Å². The standard InChI is InChI=1S/C15H13ClO2/c16-14-6-4-12(5-7-14)8-9-18-15-3-1-2-13(10-15)11-17/h1-7,10-11H,8-9H2. The summed E-state index contributed by atoms with van der Waals surface area (Å²) in [5, 5.41) is 0.735. The zero-order chi connectivity index (χ0) is 12.8. The predicted octanol–water partition coefficient (Wildman–Crippen LogP) is 3.77. The average molecular weight is 261 g/mol. The summed E-state index contributed by atoms with van der Waals surface area (Å²) in [5.74, 6) is 0.716. The molecule has 0 saturated carbocycles. The van der Waals surface area contributed by atoms with Gasteiger partial charge < -0.3 is 4.74 Å². The van der Waals surface area contributed by atoms with Gasteiger partial charge in [0, 0.05) is 17.0 Å². The maximum Gasteiger partial charge on any atom is 0.150 e. The number of hydrogen-bond acceptors (Lipinski definition) is 2. The van der Waals surface area contributed by atoms with Crippen LogP contribution in [0.25, 0.3) is 0 Å². The van der Waals surface area contributed by atoms with Crippen LogP contribution in [0.2, 0.25) is 5.02 Å². The molecule has 0 amide bonds. The van der Waals surface area contributed by atoms with Crippen molar-refractivity contribution in [3.05, 3.63) is 64.7 Å². The SMILES string of the molecule is O=Cc1cccc(OCCc2ccc(Cl)cc2)c1. The van der Waals surface area contributed by atoms with E-state index in [0.29, 0.717) is 17.9 Å². The number of carbonyl (C=O) groups is 1. The fourth-order valence-corrected chi connectivity index (χ4v) is 1.74. The molecule has 0 aliphatic carbocycles. The van der Waals surface area contributed by atoms with E-state index in [4.69, 9.17) is 16.3 Å². The van der Waals surface area contributed by atoms with Gasteiger partial charge in [0.05, 0.1) is 6.61 Å². The lowest BCUT2D eigenvalue weighted by molar-refractivity contribution is 0.112. The van der Waals surface area contributed by atoms with Gasteiger partial charge in [-0.15, -0.1) is 0 Å². The number of carbonyl (C=O) groups excluding carboxylic acids is 1. The van der Waals surface area contributed by atoms with Crippen molar-refractivity contribution in [2.45, 2.75) is 6.42 Å². The Kier molecular flexibility index (Phi) is 4.37. The topological polar surface area (TPSA) is 26.3 Å². The Morgan fingerprint density at radius 3 is 2.61 bits per heavy atom. The molecule has 3 heteroatoms. The number of hydrogen-bond donors (Lipinski definition) is 0. The second-order valence-corrected chi connectivity index (χ2v) is 4.35. The molecule has 18 heavy (non-hydrogen) atoms. The second kappa shape index (κ2) is 6.22. The van der Waals surface area contributed by atoms with Gasteiger partial charge in [0.25, 0.3) is 0 Å². The third kappa shape index (κ3) is 3.60. The molecule has 0 unspecified atom stereocenters. The summed E-state index contributed by atoms with van der Waals surface area (Å²) in [4.78, 5) is 10.6. The van der Waals surface area contributed by atoms with Crippen molar-refractivity contribution >= 4 is 17.9 Å². The van der Waals surface area contributed by atoms with Crippen molar-refractivity contribution in [1.82, 2.24) is 0 Å². The fourth-order valence-electron chi connectivity index (χ4n) is 1.62. The normalized spacial score (nSPS) is 10.1. The lowest BCUT2D eigenvalue weighted by Crippen LogP contribution is -2.01. The van der Waals surface area contributed by atoms with Gasteiger partial charge in [0.2, 0.25) is 0 Å². The van der Waals surface area contributed by atoms with Crippen LogP contribution in [0.5, 0.6) is 5.75 Å². The minimum atomic E-state index is 0.573. The molecule has 0 fully saturated rings. The summed E-state index contributed by atoms with van der Waals surface area (Å²) in [6.45, 7) is 0.573. The molecule has 2 aromatic carbocycles. The van der Waals surface area contributed by atoms with Crippen LogP contribution in [-0.4, -0.2) is 12.9 Å². The molecule has 0 spiro atoms. The minimum Gasteiger partial charge on any atom is -0.493 e. The van der Waals surface area contributed by atoms with E-state index in [2.05, 4.69) is 0 Å². The number of halogens is 1. The number of ether oxygens (including phenoxy) is 1. The zero-order valence-corrected chi connectivity index (χ0v) is 10.6. The van der Waals surface area contributed by atoms with Crippen LogP contribution in [-0.2, 0) is 6.42 Å². The Hall–Kier alpha value is -1.80. The molecule has 0 saturated heterocycles. The molecule has 0 aliphatic heterocycles. The summed E-state index contributed by atoms with van der Waals surface area (Å²) >= 11 is 5.81. The van der Waals surface area contributed by atoms with Crippen LogP contribution in [0.3, 0.4) is 0 Å². The maximum absolute atomic E-state index is 10.6. The largest absolute Gasteiger partial charge is 0.493 e. The first-order valence-corrected chi connectivity index (χ1v) is 6.08. The van der Waals surface area contributed by atoms with Gasteiger partial charge in [-0.3, -0.25) is 4.79 Å². The van der Waals surface area contributed by atoms with Gasteiger partial charge in [-0.05, 0) is 29.8 Å². The second-order valence-electron chi connectivity index (χ2n) is 3.92. The van der Waals surface area contributed by atoms with E-state index in [-0.39, 0.29) is 0 Å². The molecule has 0 radical (unpaired) electrons. The molecule has 0 N–H and O–H groups in total. The van der Waals surface area contributed by atoms with Gasteiger partial charge in [-0.1, -0.05) is 35.9 Å². The minimum absolute atomic E-state index is 0.573. The Morgan fingerprint density at radius 2 is 1.89 bits per heavy atom. The Balaban J connectivity index is 1.88. The highest BCUT2D eigenvalue weighted by atomic mass is 35.5. The fraction of sp³-hybridized carbons (Fsp3) is 0.133. The van der Waals surface area contributed by atoms with E-state index >= 15 is 0 Å². The summed E-state index contributed by atoms with van der Waals surface area (Å²) in [7, 11) is 0. The van der Waals surface area contributed by atoms with Crippen LogP contribution in [0, 0.1) is 0 Å². The number of benzene rings is 2. The first kappa shape index (κ1) is 12.7. The van der Waals surface area contributed by atoms with Crippen molar-refractivity contribution in [3.8, 4) is 5.75 Å². The molecule has 92 valence electrons. The summed E-state index contributed by atoms with van der Waals surface area (Å²) in [6.07, 6.45) is 1.62. The highest BCUT2D eigenvalue weighted by Crippen LogP contribution is 2.13. The van der Waals surface area contributed by atoms with Crippen molar-refractivity contribution in [2.24, 2.45) is 0 Å². The smallest absolute Gasteiger partial charge is 0.150 e. The number of aldehydes is 1. The van der Waals surface area contributed by atoms with Gasteiger partial charge in [-0.25, -0.2) is 0 Å². The molecular weight excluding hydrogens is 248 g/mol. The Labute approximate surface area is 111 Å². The monoisotopic (exact) mass is 260 g/mol. The highest BCUT2D eigenvalue weighted by Gasteiger charge is 1.97. The molecule has 0 atom stereocenters. The van der Waals surface area contributed by atoms with E-state index < -0.39 is 0 Å². The summed E-state index contributed by atoms with van der Waals surface area (Å²) in [5.41, 5.74) is 1.80. The molecule has 0 heterocycles. The van der Waals surface area contributed by atoms with Crippen LogP contribution >= 0.6 is 11.6 Å². The van der Waals surface area contributed by atoms with Crippen LogP contribution in [0.1, 0.15) is 15.9 Å². The van der Waals surface area contributed by atoms with Crippen LogP contribution in [0.4, 0.5) is 0 Å². The highest BCUT2D eigenvalue weighted by molar-refractivity contribution is 6.30. The molecule has 2 aromatic rings. The summed E-state index contributed by atoms with van der Waals surface area (Å²) < 4.78 is 5.59. The van der Waals surface area contributed by atoms with Gasteiger partial charge in [-0.2, -0.15) is 0 Å². The lowest BCUT2D eigenvalue weighted by atomic mass is 10.2. The third-order valence-electron chi connectivity index (χ3n) is 2.57. The van der Waals surface area contributed by atoms with E-state index in [1.54, 1.807) is 18.2 Å². The van der Waals surface area contributed by atoms with E-state index in [0.717, 1.165) is 17.7 Å². The first-order chi connectivity index (χ1) is 8.78. The van der Waals surface area contributed by atoms with Crippen molar-refractivity contribution < 1.29 is 9.53 Å². The van der Waals surface area contributed by atoms with E-state index in [1.165, 1.54) is 5.56 Å². The number of rotatable bonds is 5. The molecule has 0 aromatic heterocycles. The Morgan fingerprint density at radius 1 is 1.11 bits per heavy atom. The first-order valence-electron chi connectivity index (χ1n) is 5.70. The average Bonchev–Trinajstić information content (AvgIpc) is 2.41. The molecule has 2 rings (SSSR count). The van der Waals surface area contributed by atoms with Gasteiger partial charge >= 0.3 is 0 Å². The maximum atomic E-state index is 10.6. The predicted molar refractivity (Wildman–Crippen MR) is 72.5 cm³/mol. The lowest BCUT2D eigenvalue weighted by Gasteiger charge is -2.06. The zero-order valence-electron chi connectivity index (χ0n) is 9.80. The van der Waals surface area contributed by atoms with E-state index in [9.17, 15) is 4.79 Å². The van der Waals surface area contributed by atoms with E-state index in [1.807, 2.05) is 30.3 Å². The van der Waals surface area contributed by atoms with Crippen LogP contribution < -0.4 is 4.74 Å². The molecule has 2 nitrogen and oxygen atoms in total. The van der Waals surface area contributed by atoms with Gasteiger partial charge in [0.15, 0.2) is 0 Å². The van der Waals surface area contributed by atoms with Gasteiger partial charge in [0.1, 0.15) is 12.0 Å². The summed E-state index contributed by atoms with van der Waals surface area (Å²) in [6, 6.07) is 14.8. The third-order valence-corrected chi connectivity index (χ3v) is 2.82. The van der Waals surface area contributed by atoms with Crippen molar-refractivity contribution in [3.63, 3.8) is 0 Å². The quantitative estimate of drug-likeness (QED) is 0.765. The molecule has 0 bridgehead atoms. The molecular formula is C15H13ClO2. The van der Waals surface area contributed by atoms with Crippen molar-refractivity contribution in [1.29, 1.82) is 0 Å². The molecule has 0 aliphatic rings. The van der Waals surface area contributed by atoms with Crippen LogP contribution in [0.15, 0.2) is 48.5 Å².